The predicted octanol–water partition coefficient (Wildman–Crippen LogP) is 1.41. The molecule has 0 bridgehead atoms. The molecule has 1 saturated heterocycles. The van der Waals surface area contributed by atoms with E-state index in [1.54, 1.807) is 0 Å². The molecule has 1 aliphatic carbocycles. The lowest BCUT2D eigenvalue weighted by Gasteiger charge is -2.24. The van der Waals surface area contributed by atoms with Crippen molar-refractivity contribution in [3.05, 3.63) is 0 Å². The first-order chi connectivity index (χ1) is 7.34. The maximum Gasteiger partial charge on any atom is 0.315 e. The van der Waals surface area contributed by atoms with Crippen molar-refractivity contribution in [1.29, 1.82) is 0 Å². The minimum absolute atomic E-state index is 0.00815. The van der Waals surface area contributed by atoms with Crippen molar-refractivity contribution in [2.75, 3.05) is 13.2 Å². The molecule has 1 heterocycles. The van der Waals surface area contributed by atoms with Crippen LogP contribution in [0.25, 0.3) is 0 Å². The number of ether oxygens (including phenoxy) is 1. The van der Waals surface area contributed by atoms with Crippen molar-refractivity contribution < 1.29 is 9.53 Å². The molecule has 0 spiro atoms. The highest BCUT2D eigenvalue weighted by molar-refractivity contribution is 5.74. The average Bonchev–Trinajstić information content (AvgIpc) is 2.71. The van der Waals surface area contributed by atoms with E-state index in [2.05, 4.69) is 10.6 Å². The molecule has 1 aliphatic heterocycles. The van der Waals surface area contributed by atoms with Crippen LogP contribution in [-0.4, -0.2) is 31.3 Å². The number of hydrogen-bond donors (Lipinski definition) is 2. The van der Waals surface area contributed by atoms with Crippen molar-refractivity contribution in [3.63, 3.8) is 0 Å². The topological polar surface area (TPSA) is 50.4 Å². The predicted molar refractivity (Wildman–Crippen MR) is 57.8 cm³/mol. The second-order valence-corrected chi connectivity index (χ2v) is 4.49. The van der Waals surface area contributed by atoms with E-state index in [1.165, 1.54) is 12.8 Å². The van der Waals surface area contributed by atoms with Crippen LogP contribution in [0.4, 0.5) is 4.79 Å². The molecule has 2 amide bonds. The molecule has 0 radical (unpaired) electrons. The molecule has 0 aromatic heterocycles. The van der Waals surface area contributed by atoms with Crippen molar-refractivity contribution in [2.45, 2.75) is 50.6 Å². The van der Waals surface area contributed by atoms with E-state index in [0.717, 1.165) is 38.9 Å². The number of urea groups is 1. The van der Waals surface area contributed by atoms with Gasteiger partial charge >= 0.3 is 6.03 Å². The molecule has 15 heavy (non-hydrogen) atoms. The van der Waals surface area contributed by atoms with E-state index < -0.39 is 0 Å². The molecule has 4 nitrogen and oxygen atoms in total. The summed E-state index contributed by atoms with van der Waals surface area (Å²) in [4.78, 5) is 11.6. The molecular formula is C11H20N2O2. The quantitative estimate of drug-likeness (QED) is 0.727. The van der Waals surface area contributed by atoms with Crippen LogP contribution in [0, 0.1) is 0 Å². The summed E-state index contributed by atoms with van der Waals surface area (Å²) in [7, 11) is 0. The van der Waals surface area contributed by atoms with Crippen molar-refractivity contribution >= 4 is 6.03 Å². The van der Waals surface area contributed by atoms with Gasteiger partial charge in [-0.3, -0.25) is 0 Å². The van der Waals surface area contributed by atoms with Crippen LogP contribution in [0.5, 0.6) is 0 Å². The Morgan fingerprint density at radius 1 is 0.933 bits per heavy atom. The Kier molecular flexibility index (Phi) is 3.83. The van der Waals surface area contributed by atoms with Crippen LogP contribution in [0.3, 0.4) is 0 Å². The zero-order valence-corrected chi connectivity index (χ0v) is 9.13. The first-order valence-electron chi connectivity index (χ1n) is 5.99. The maximum absolute atomic E-state index is 11.6. The smallest absolute Gasteiger partial charge is 0.315 e. The minimum Gasteiger partial charge on any atom is -0.381 e. The summed E-state index contributed by atoms with van der Waals surface area (Å²) in [5.41, 5.74) is 0. The van der Waals surface area contributed by atoms with Gasteiger partial charge in [0, 0.05) is 25.3 Å². The van der Waals surface area contributed by atoms with Gasteiger partial charge in [-0.15, -0.1) is 0 Å². The Labute approximate surface area is 90.8 Å². The first kappa shape index (κ1) is 10.7. The number of carbonyl (C=O) groups is 1. The molecule has 2 aliphatic rings. The van der Waals surface area contributed by atoms with E-state index in [0.29, 0.717) is 12.1 Å². The van der Waals surface area contributed by atoms with Gasteiger partial charge in [-0.05, 0) is 25.7 Å². The summed E-state index contributed by atoms with van der Waals surface area (Å²) in [6.07, 6.45) is 6.67. The lowest BCUT2D eigenvalue weighted by molar-refractivity contribution is 0.0799. The molecule has 2 rings (SSSR count). The fourth-order valence-corrected chi connectivity index (χ4v) is 2.32. The highest BCUT2D eigenvalue weighted by Gasteiger charge is 2.20. The van der Waals surface area contributed by atoms with E-state index in [9.17, 15) is 4.79 Å². The minimum atomic E-state index is 0.00815. The Hall–Kier alpha value is -0.770. The average molecular weight is 212 g/mol. The third-order valence-corrected chi connectivity index (χ3v) is 3.25. The normalized spacial score (nSPS) is 24.0. The molecular weight excluding hydrogens is 192 g/mol. The second kappa shape index (κ2) is 5.35. The Bertz CT molecular complexity index is 209. The third-order valence-electron chi connectivity index (χ3n) is 3.25. The van der Waals surface area contributed by atoms with Crippen molar-refractivity contribution in [2.24, 2.45) is 0 Å². The number of carbonyl (C=O) groups excluding carboxylic acids is 1. The number of nitrogens with one attached hydrogen (secondary N) is 2. The highest BCUT2D eigenvalue weighted by Crippen LogP contribution is 2.17. The molecule has 2 N–H and O–H groups in total. The number of amides is 2. The van der Waals surface area contributed by atoms with Crippen molar-refractivity contribution in [1.82, 2.24) is 10.6 Å². The number of rotatable bonds is 2. The molecule has 0 aromatic carbocycles. The van der Waals surface area contributed by atoms with Gasteiger partial charge in [0.25, 0.3) is 0 Å². The fourth-order valence-electron chi connectivity index (χ4n) is 2.32. The molecule has 1 saturated carbocycles. The first-order valence-corrected chi connectivity index (χ1v) is 5.99. The summed E-state index contributed by atoms with van der Waals surface area (Å²) in [5.74, 6) is 0. The molecule has 0 unspecified atom stereocenters. The molecule has 86 valence electrons. The molecule has 0 atom stereocenters. The van der Waals surface area contributed by atoms with Gasteiger partial charge in [0.2, 0.25) is 0 Å². The lowest BCUT2D eigenvalue weighted by atomic mass is 10.1. The second-order valence-electron chi connectivity index (χ2n) is 4.49. The van der Waals surface area contributed by atoms with Crippen LogP contribution >= 0.6 is 0 Å². The number of hydrogen-bond acceptors (Lipinski definition) is 2. The summed E-state index contributed by atoms with van der Waals surface area (Å²) >= 11 is 0. The Morgan fingerprint density at radius 2 is 1.47 bits per heavy atom. The van der Waals surface area contributed by atoms with Gasteiger partial charge in [0.05, 0.1) is 0 Å². The summed E-state index contributed by atoms with van der Waals surface area (Å²) in [5, 5.41) is 6.05. The maximum atomic E-state index is 11.6. The van der Waals surface area contributed by atoms with Crippen LogP contribution in [0.2, 0.25) is 0 Å². The van der Waals surface area contributed by atoms with Crippen LogP contribution in [0.15, 0.2) is 0 Å². The summed E-state index contributed by atoms with van der Waals surface area (Å²) in [6, 6.07) is 0.721. The fraction of sp³-hybridized carbons (Fsp3) is 0.909. The standard InChI is InChI=1S/C11H20N2O2/c14-11(12-9-3-1-2-4-9)13-10-5-7-15-8-6-10/h9-10H,1-8H2,(H2,12,13,14). The van der Waals surface area contributed by atoms with E-state index in [4.69, 9.17) is 4.74 Å². The van der Waals surface area contributed by atoms with E-state index >= 15 is 0 Å². The lowest BCUT2D eigenvalue weighted by Crippen LogP contribution is -2.47. The van der Waals surface area contributed by atoms with Crippen LogP contribution in [-0.2, 0) is 4.74 Å². The zero-order valence-electron chi connectivity index (χ0n) is 9.13. The monoisotopic (exact) mass is 212 g/mol. The van der Waals surface area contributed by atoms with Gasteiger partial charge < -0.3 is 15.4 Å². The zero-order chi connectivity index (χ0) is 10.5. The van der Waals surface area contributed by atoms with Gasteiger partial charge in [-0.1, -0.05) is 12.8 Å². The van der Waals surface area contributed by atoms with Gasteiger partial charge in [0.1, 0.15) is 0 Å². The SMILES string of the molecule is O=C(NC1CCCC1)NC1CCOCC1. The summed E-state index contributed by atoms with van der Waals surface area (Å²) < 4.78 is 5.24. The van der Waals surface area contributed by atoms with Crippen LogP contribution < -0.4 is 10.6 Å². The van der Waals surface area contributed by atoms with Crippen LogP contribution in [0.1, 0.15) is 38.5 Å². The van der Waals surface area contributed by atoms with Gasteiger partial charge in [0.15, 0.2) is 0 Å². The molecule has 2 fully saturated rings. The Morgan fingerprint density at radius 3 is 2.07 bits per heavy atom. The molecule has 4 heteroatoms. The van der Waals surface area contributed by atoms with E-state index in [1.807, 2.05) is 0 Å². The van der Waals surface area contributed by atoms with E-state index in [-0.39, 0.29) is 6.03 Å². The van der Waals surface area contributed by atoms with Crippen molar-refractivity contribution in [3.8, 4) is 0 Å². The van der Waals surface area contributed by atoms with Gasteiger partial charge in [-0.2, -0.15) is 0 Å². The third kappa shape index (κ3) is 3.38. The highest BCUT2D eigenvalue weighted by atomic mass is 16.5. The molecule has 0 aromatic rings. The largest absolute Gasteiger partial charge is 0.381 e. The van der Waals surface area contributed by atoms with Gasteiger partial charge in [-0.25, -0.2) is 4.79 Å². The summed E-state index contributed by atoms with van der Waals surface area (Å²) in [6.45, 7) is 1.54. The Balaban J connectivity index is 1.66.